The van der Waals surface area contributed by atoms with E-state index in [1.54, 1.807) is 20.3 Å². The Labute approximate surface area is 147 Å². The van der Waals surface area contributed by atoms with Crippen LogP contribution in [0.1, 0.15) is 11.1 Å². The number of methoxy groups -OCH3 is 2. The molecule has 0 amide bonds. The molecule has 0 aliphatic heterocycles. The van der Waals surface area contributed by atoms with E-state index < -0.39 is 0 Å². The summed E-state index contributed by atoms with van der Waals surface area (Å²) in [6.07, 6.45) is 0.794. The molecule has 2 aromatic rings. The molecule has 4 nitrogen and oxygen atoms in total. The van der Waals surface area contributed by atoms with Gasteiger partial charge in [-0.15, -0.1) is 0 Å². The van der Waals surface area contributed by atoms with Gasteiger partial charge in [-0.05, 0) is 54.0 Å². The van der Waals surface area contributed by atoms with E-state index in [1.807, 2.05) is 24.3 Å². The number of halogens is 1. The van der Waals surface area contributed by atoms with Crippen molar-refractivity contribution in [2.45, 2.75) is 13.0 Å². The van der Waals surface area contributed by atoms with Crippen LogP contribution in [0.4, 0.5) is 4.39 Å². The highest BCUT2D eigenvalue weighted by molar-refractivity contribution is 7.80. The van der Waals surface area contributed by atoms with Gasteiger partial charge in [0.05, 0.1) is 14.2 Å². The van der Waals surface area contributed by atoms with Crippen molar-refractivity contribution in [2.75, 3.05) is 20.8 Å². The van der Waals surface area contributed by atoms with Crippen LogP contribution in [0.2, 0.25) is 0 Å². The summed E-state index contributed by atoms with van der Waals surface area (Å²) >= 11 is 5.23. The molecule has 128 valence electrons. The Kier molecular flexibility index (Phi) is 6.81. The molecule has 0 aliphatic rings. The first-order valence-corrected chi connectivity index (χ1v) is 8.00. The summed E-state index contributed by atoms with van der Waals surface area (Å²) in [5.41, 5.74) is 1.96. The summed E-state index contributed by atoms with van der Waals surface area (Å²) in [7, 11) is 3.23. The summed E-state index contributed by atoms with van der Waals surface area (Å²) in [6.45, 7) is 1.17. The van der Waals surface area contributed by atoms with Crippen molar-refractivity contribution in [2.24, 2.45) is 0 Å². The standard InChI is InChI=1S/C18H21FN2O2S/c1-22-16-7-6-13(11-17(16)23-2)8-9-20-18(24)21-12-14-4-3-5-15(19)10-14/h3-7,10-11H,8-9,12H2,1-2H3,(H2,20,21,24). The molecule has 0 saturated heterocycles. The number of rotatable bonds is 7. The Bertz CT molecular complexity index is 694. The van der Waals surface area contributed by atoms with Gasteiger partial charge in [-0.25, -0.2) is 4.39 Å². The van der Waals surface area contributed by atoms with Crippen molar-refractivity contribution in [1.29, 1.82) is 0 Å². The fourth-order valence-electron chi connectivity index (χ4n) is 2.25. The molecule has 0 fully saturated rings. The first-order valence-electron chi connectivity index (χ1n) is 7.59. The van der Waals surface area contributed by atoms with Crippen molar-refractivity contribution in [3.8, 4) is 11.5 Å². The molecule has 24 heavy (non-hydrogen) atoms. The summed E-state index contributed by atoms with van der Waals surface area (Å²) in [5.74, 6) is 1.17. The van der Waals surface area contributed by atoms with Crippen LogP contribution in [-0.4, -0.2) is 25.9 Å². The Morgan fingerprint density at radius 3 is 2.50 bits per heavy atom. The number of hydrogen-bond donors (Lipinski definition) is 2. The highest BCUT2D eigenvalue weighted by Crippen LogP contribution is 2.27. The molecular formula is C18H21FN2O2S. The molecule has 0 spiro atoms. The number of thiocarbonyl (C=S) groups is 1. The predicted molar refractivity (Wildman–Crippen MR) is 97.1 cm³/mol. The van der Waals surface area contributed by atoms with Crippen LogP contribution in [0.15, 0.2) is 42.5 Å². The minimum atomic E-state index is -0.248. The van der Waals surface area contributed by atoms with E-state index >= 15 is 0 Å². The molecule has 6 heteroatoms. The minimum Gasteiger partial charge on any atom is -0.493 e. The molecule has 2 rings (SSSR count). The van der Waals surface area contributed by atoms with Gasteiger partial charge in [-0.1, -0.05) is 18.2 Å². The number of hydrogen-bond acceptors (Lipinski definition) is 3. The average molecular weight is 348 g/mol. The van der Waals surface area contributed by atoms with Gasteiger partial charge in [-0.3, -0.25) is 0 Å². The van der Waals surface area contributed by atoms with Crippen molar-refractivity contribution in [3.63, 3.8) is 0 Å². The van der Waals surface area contributed by atoms with Gasteiger partial charge in [0.1, 0.15) is 5.82 Å². The van der Waals surface area contributed by atoms with Gasteiger partial charge in [0, 0.05) is 13.1 Å². The summed E-state index contributed by atoms with van der Waals surface area (Å²) in [5, 5.41) is 6.74. The fraction of sp³-hybridized carbons (Fsp3) is 0.278. The van der Waals surface area contributed by atoms with Crippen LogP contribution in [0.5, 0.6) is 11.5 Å². The van der Waals surface area contributed by atoms with E-state index in [4.69, 9.17) is 21.7 Å². The maximum atomic E-state index is 13.1. The van der Waals surface area contributed by atoms with E-state index in [1.165, 1.54) is 12.1 Å². The fourth-order valence-corrected chi connectivity index (χ4v) is 2.42. The maximum absolute atomic E-state index is 13.1. The summed E-state index contributed by atoms with van der Waals surface area (Å²) in [4.78, 5) is 0. The molecule has 2 aromatic carbocycles. The van der Waals surface area contributed by atoms with Gasteiger partial charge < -0.3 is 20.1 Å². The van der Waals surface area contributed by atoms with Gasteiger partial charge in [-0.2, -0.15) is 0 Å². The smallest absolute Gasteiger partial charge is 0.166 e. The molecule has 0 bridgehead atoms. The van der Waals surface area contributed by atoms with Crippen LogP contribution in [0.25, 0.3) is 0 Å². The van der Waals surface area contributed by atoms with Gasteiger partial charge in [0.2, 0.25) is 0 Å². The van der Waals surface area contributed by atoms with Crippen LogP contribution in [-0.2, 0) is 13.0 Å². The van der Waals surface area contributed by atoms with Crippen LogP contribution in [0.3, 0.4) is 0 Å². The lowest BCUT2D eigenvalue weighted by molar-refractivity contribution is 0.354. The highest BCUT2D eigenvalue weighted by Gasteiger charge is 2.04. The van der Waals surface area contributed by atoms with Crippen molar-refractivity contribution in [3.05, 3.63) is 59.4 Å². The predicted octanol–water partition coefficient (Wildman–Crippen LogP) is 3.05. The number of benzene rings is 2. The molecule has 0 aromatic heterocycles. The Hall–Kier alpha value is -2.34. The zero-order valence-corrected chi connectivity index (χ0v) is 14.6. The second-order valence-electron chi connectivity index (χ2n) is 5.18. The first kappa shape index (κ1) is 18.0. The third-order valence-electron chi connectivity index (χ3n) is 3.49. The molecule has 2 N–H and O–H groups in total. The van der Waals surface area contributed by atoms with Crippen LogP contribution >= 0.6 is 12.2 Å². The molecule has 0 saturated carbocycles. The summed E-state index contributed by atoms with van der Waals surface area (Å²) < 4.78 is 23.6. The van der Waals surface area contributed by atoms with Crippen LogP contribution in [0, 0.1) is 5.82 Å². The second-order valence-corrected chi connectivity index (χ2v) is 5.59. The minimum absolute atomic E-state index is 0.248. The van der Waals surface area contributed by atoms with E-state index in [9.17, 15) is 4.39 Å². The van der Waals surface area contributed by atoms with Gasteiger partial charge >= 0.3 is 0 Å². The molecular weight excluding hydrogens is 327 g/mol. The van der Waals surface area contributed by atoms with Gasteiger partial charge in [0.15, 0.2) is 16.6 Å². The Balaban J connectivity index is 1.76. The topological polar surface area (TPSA) is 42.5 Å². The van der Waals surface area contributed by atoms with E-state index in [0.29, 0.717) is 29.7 Å². The number of nitrogens with one attached hydrogen (secondary N) is 2. The van der Waals surface area contributed by atoms with Gasteiger partial charge in [0.25, 0.3) is 0 Å². The third kappa shape index (κ3) is 5.38. The SMILES string of the molecule is COc1ccc(CCNC(=S)NCc2cccc(F)c2)cc1OC. The first-order chi connectivity index (χ1) is 11.6. The molecule has 0 unspecified atom stereocenters. The molecule has 0 atom stereocenters. The third-order valence-corrected chi connectivity index (χ3v) is 3.78. The monoisotopic (exact) mass is 348 g/mol. The van der Waals surface area contributed by atoms with E-state index in [0.717, 1.165) is 17.5 Å². The lowest BCUT2D eigenvalue weighted by atomic mass is 10.1. The summed E-state index contributed by atoms with van der Waals surface area (Å²) in [6, 6.07) is 12.3. The zero-order valence-electron chi connectivity index (χ0n) is 13.8. The normalized spacial score (nSPS) is 10.1. The lowest BCUT2D eigenvalue weighted by Crippen LogP contribution is -2.35. The largest absolute Gasteiger partial charge is 0.493 e. The van der Waals surface area contributed by atoms with Crippen molar-refractivity contribution in [1.82, 2.24) is 10.6 Å². The molecule has 0 radical (unpaired) electrons. The van der Waals surface area contributed by atoms with E-state index in [-0.39, 0.29) is 5.82 Å². The average Bonchev–Trinajstić information content (AvgIpc) is 2.60. The highest BCUT2D eigenvalue weighted by atomic mass is 32.1. The quantitative estimate of drug-likeness (QED) is 0.753. The Morgan fingerprint density at radius 1 is 1.00 bits per heavy atom. The zero-order chi connectivity index (χ0) is 17.4. The Morgan fingerprint density at radius 2 is 1.79 bits per heavy atom. The van der Waals surface area contributed by atoms with Crippen molar-refractivity contribution < 1.29 is 13.9 Å². The van der Waals surface area contributed by atoms with E-state index in [2.05, 4.69) is 10.6 Å². The lowest BCUT2D eigenvalue weighted by Gasteiger charge is -2.12. The second kappa shape index (κ2) is 9.08. The van der Waals surface area contributed by atoms with Crippen molar-refractivity contribution >= 4 is 17.3 Å². The molecule has 0 aliphatic carbocycles. The number of ether oxygens (including phenoxy) is 2. The molecule has 0 heterocycles. The maximum Gasteiger partial charge on any atom is 0.166 e. The van der Waals surface area contributed by atoms with Crippen LogP contribution < -0.4 is 20.1 Å².